The van der Waals surface area contributed by atoms with Gasteiger partial charge in [0.1, 0.15) is 5.82 Å². The van der Waals surface area contributed by atoms with Crippen LogP contribution in [0.3, 0.4) is 0 Å². The third-order valence-electron chi connectivity index (χ3n) is 3.18. The number of aromatic nitrogens is 2. The van der Waals surface area contributed by atoms with Crippen LogP contribution in [0.15, 0.2) is 23.6 Å². The predicted octanol–water partition coefficient (Wildman–Crippen LogP) is 3.30. The minimum Gasteiger partial charge on any atom is -0.370 e. The van der Waals surface area contributed by atoms with Crippen molar-refractivity contribution in [3.05, 3.63) is 34.2 Å². The second-order valence-electron chi connectivity index (χ2n) is 4.46. The standard InChI is InChI=1S/C13H17N3S/c1-2-4-10-9-13-14-7-6-11(16(13)15-10)12-5-3-8-17-12/h3,5,8-9,11,14H,2,4,6-7H2,1H3. The van der Waals surface area contributed by atoms with Crippen molar-refractivity contribution in [1.29, 1.82) is 0 Å². The largest absolute Gasteiger partial charge is 0.370 e. The number of anilines is 1. The van der Waals surface area contributed by atoms with Gasteiger partial charge in [0, 0.05) is 17.5 Å². The van der Waals surface area contributed by atoms with Crippen molar-refractivity contribution in [2.45, 2.75) is 32.2 Å². The number of fused-ring (bicyclic) bond motifs is 1. The molecule has 90 valence electrons. The minimum absolute atomic E-state index is 0.428. The Bertz CT molecular complexity index is 487. The van der Waals surface area contributed by atoms with Gasteiger partial charge in [0.2, 0.25) is 0 Å². The molecule has 0 amide bonds. The number of thiophene rings is 1. The molecule has 3 nitrogen and oxygen atoms in total. The lowest BCUT2D eigenvalue weighted by atomic mass is 10.1. The molecule has 0 saturated heterocycles. The summed E-state index contributed by atoms with van der Waals surface area (Å²) in [4.78, 5) is 1.42. The van der Waals surface area contributed by atoms with E-state index in [2.05, 4.69) is 40.5 Å². The Morgan fingerprint density at radius 1 is 1.59 bits per heavy atom. The van der Waals surface area contributed by atoms with Gasteiger partial charge in [-0.15, -0.1) is 11.3 Å². The lowest BCUT2D eigenvalue weighted by Crippen LogP contribution is -2.23. The van der Waals surface area contributed by atoms with E-state index in [0.717, 1.165) is 25.8 Å². The van der Waals surface area contributed by atoms with E-state index < -0.39 is 0 Å². The topological polar surface area (TPSA) is 29.9 Å². The van der Waals surface area contributed by atoms with Crippen molar-refractivity contribution < 1.29 is 0 Å². The molecule has 0 radical (unpaired) electrons. The van der Waals surface area contributed by atoms with Crippen molar-refractivity contribution >= 4 is 17.2 Å². The first-order valence-electron chi connectivity index (χ1n) is 6.24. The molecule has 17 heavy (non-hydrogen) atoms. The second-order valence-corrected chi connectivity index (χ2v) is 5.44. The number of hydrogen-bond acceptors (Lipinski definition) is 3. The molecule has 0 bridgehead atoms. The van der Waals surface area contributed by atoms with Crippen LogP contribution in [0.4, 0.5) is 5.82 Å². The molecule has 0 aliphatic carbocycles. The average molecular weight is 247 g/mol. The van der Waals surface area contributed by atoms with Crippen LogP contribution in [0.2, 0.25) is 0 Å². The van der Waals surface area contributed by atoms with Crippen molar-refractivity contribution in [1.82, 2.24) is 9.78 Å². The van der Waals surface area contributed by atoms with Crippen LogP contribution < -0.4 is 5.32 Å². The summed E-state index contributed by atoms with van der Waals surface area (Å²) in [6, 6.07) is 6.96. The third kappa shape index (κ3) is 1.97. The molecule has 1 aliphatic heterocycles. The fourth-order valence-corrected chi connectivity index (χ4v) is 3.24. The highest BCUT2D eigenvalue weighted by atomic mass is 32.1. The summed E-state index contributed by atoms with van der Waals surface area (Å²) >= 11 is 1.83. The summed E-state index contributed by atoms with van der Waals surface area (Å²) in [5.74, 6) is 1.18. The Morgan fingerprint density at radius 3 is 3.29 bits per heavy atom. The summed E-state index contributed by atoms with van der Waals surface area (Å²) < 4.78 is 2.17. The molecule has 1 unspecified atom stereocenters. The normalized spacial score (nSPS) is 18.8. The summed E-state index contributed by atoms with van der Waals surface area (Å²) in [6.07, 6.45) is 3.35. The summed E-state index contributed by atoms with van der Waals surface area (Å²) in [7, 11) is 0. The molecular formula is C13H17N3S. The molecule has 0 spiro atoms. The summed E-state index contributed by atoms with van der Waals surface area (Å²) in [5, 5.41) is 10.3. The van der Waals surface area contributed by atoms with Gasteiger partial charge in [-0.1, -0.05) is 19.4 Å². The summed E-state index contributed by atoms with van der Waals surface area (Å²) in [6.45, 7) is 3.24. The zero-order chi connectivity index (χ0) is 11.7. The highest BCUT2D eigenvalue weighted by molar-refractivity contribution is 7.10. The Kier molecular flexibility index (Phi) is 2.89. The van der Waals surface area contributed by atoms with Gasteiger partial charge in [-0.3, -0.25) is 0 Å². The summed E-state index contributed by atoms with van der Waals surface area (Å²) in [5.41, 5.74) is 1.21. The SMILES string of the molecule is CCCc1cc2n(n1)C(c1cccs1)CCN2. The predicted molar refractivity (Wildman–Crippen MR) is 71.8 cm³/mol. The van der Waals surface area contributed by atoms with Gasteiger partial charge < -0.3 is 5.32 Å². The maximum Gasteiger partial charge on any atom is 0.125 e. The molecule has 1 N–H and O–H groups in total. The molecule has 0 aromatic carbocycles. The van der Waals surface area contributed by atoms with E-state index >= 15 is 0 Å². The van der Waals surface area contributed by atoms with Gasteiger partial charge in [0.15, 0.2) is 0 Å². The van der Waals surface area contributed by atoms with Crippen LogP contribution in [0, 0.1) is 0 Å². The Balaban J connectivity index is 1.96. The number of nitrogens with one attached hydrogen (secondary N) is 1. The molecule has 1 aliphatic rings. The first-order chi connectivity index (χ1) is 8.38. The number of nitrogens with zero attached hydrogens (tertiary/aromatic N) is 2. The van der Waals surface area contributed by atoms with E-state index in [-0.39, 0.29) is 0 Å². The van der Waals surface area contributed by atoms with Crippen molar-refractivity contribution in [2.75, 3.05) is 11.9 Å². The first-order valence-corrected chi connectivity index (χ1v) is 7.12. The van der Waals surface area contributed by atoms with Gasteiger partial charge in [-0.25, -0.2) is 4.68 Å². The third-order valence-corrected chi connectivity index (χ3v) is 4.16. The molecule has 0 fully saturated rings. The van der Waals surface area contributed by atoms with E-state index in [9.17, 15) is 0 Å². The number of rotatable bonds is 3. The van der Waals surface area contributed by atoms with E-state index in [1.54, 1.807) is 0 Å². The fraction of sp³-hybridized carbons (Fsp3) is 0.462. The van der Waals surface area contributed by atoms with Gasteiger partial charge >= 0.3 is 0 Å². The molecule has 3 heterocycles. The molecule has 3 rings (SSSR count). The van der Waals surface area contributed by atoms with Crippen LogP contribution in [0.25, 0.3) is 0 Å². The Morgan fingerprint density at radius 2 is 2.53 bits per heavy atom. The van der Waals surface area contributed by atoms with E-state index in [1.165, 1.54) is 16.4 Å². The highest BCUT2D eigenvalue weighted by Gasteiger charge is 2.23. The zero-order valence-electron chi connectivity index (χ0n) is 10.0. The maximum atomic E-state index is 4.74. The van der Waals surface area contributed by atoms with Crippen molar-refractivity contribution in [3.63, 3.8) is 0 Å². The zero-order valence-corrected chi connectivity index (χ0v) is 10.8. The number of aryl methyl sites for hydroxylation is 1. The number of hydrogen-bond donors (Lipinski definition) is 1. The molecule has 0 saturated carbocycles. The Labute approximate surface area is 105 Å². The van der Waals surface area contributed by atoms with E-state index in [0.29, 0.717) is 6.04 Å². The maximum absolute atomic E-state index is 4.74. The van der Waals surface area contributed by atoms with Gasteiger partial charge in [0.05, 0.1) is 11.7 Å². The molecular weight excluding hydrogens is 230 g/mol. The van der Waals surface area contributed by atoms with Crippen molar-refractivity contribution in [3.8, 4) is 0 Å². The monoisotopic (exact) mass is 247 g/mol. The Hall–Kier alpha value is -1.29. The average Bonchev–Trinajstić information content (AvgIpc) is 2.97. The van der Waals surface area contributed by atoms with E-state index in [4.69, 9.17) is 5.10 Å². The van der Waals surface area contributed by atoms with E-state index in [1.807, 2.05) is 11.3 Å². The fourth-order valence-electron chi connectivity index (χ4n) is 2.40. The van der Waals surface area contributed by atoms with Crippen LogP contribution in [0.5, 0.6) is 0 Å². The highest BCUT2D eigenvalue weighted by Crippen LogP contribution is 2.32. The van der Waals surface area contributed by atoms with Crippen LogP contribution >= 0.6 is 11.3 Å². The lowest BCUT2D eigenvalue weighted by Gasteiger charge is -2.24. The molecule has 1 atom stereocenters. The molecule has 2 aromatic rings. The van der Waals surface area contributed by atoms with Gasteiger partial charge in [-0.2, -0.15) is 5.10 Å². The van der Waals surface area contributed by atoms with Gasteiger partial charge in [0.25, 0.3) is 0 Å². The molecule has 2 aromatic heterocycles. The van der Waals surface area contributed by atoms with Crippen LogP contribution in [0.1, 0.15) is 36.4 Å². The van der Waals surface area contributed by atoms with Crippen LogP contribution in [-0.2, 0) is 6.42 Å². The quantitative estimate of drug-likeness (QED) is 0.902. The second kappa shape index (κ2) is 4.53. The van der Waals surface area contributed by atoms with Crippen molar-refractivity contribution in [2.24, 2.45) is 0 Å². The van der Waals surface area contributed by atoms with Crippen LogP contribution in [-0.4, -0.2) is 16.3 Å². The molecule has 4 heteroatoms. The first kappa shape index (κ1) is 10.8. The smallest absolute Gasteiger partial charge is 0.125 e. The van der Waals surface area contributed by atoms with Gasteiger partial charge in [-0.05, 0) is 24.3 Å². The minimum atomic E-state index is 0.428. The lowest BCUT2D eigenvalue weighted by molar-refractivity contribution is 0.484.